The first-order valence-electron chi connectivity index (χ1n) is 4.84. The predicted molar refractivity (Wildman–Crippen MR) is 50.7 cm³/mol. The molecule has 1 aromatic rings. The van der Waals surface area contributed by atoms with Gasteiger partial charge in [-0.05, 0) is 17.7 Å². The van der Waals surface area contributed by atoms with Crippen LogP contribution in [0.4, 0.5) is 45.2 Å². The van der Waals surface area contributed by atoms with E-state index in [1.165, 1.54) is 0 Å². The van der Waals surface area contributed by atoms with Gasteiger partial charge in [-0.1, -0.05) is 6.07 Å². The lowest BCUT2D eigenvalue weighted by Gasteiger charge is -2.26. The van der Waals surface area contributed by atoms with Gasteiger partial charge >= 0.3 is 18.5 Å². The molecule has 20 heavy (non-hydrogen) atoms. The molecule has 0 aromatic heterocycles. The summed E-state index contributed by atoms with van der Waals surface area (Å²) in [5.41, 5.74) is 0.404. The highest BCUT2D eigenvalue weighted by molar-refractivity contribution is 5.48. The van der Waals surface area contributed by atoms with Crippen LogP contribution < -0.4 is 5.73 Å². The SMILES string of the molecule is Nc1ccc(C(C(F)(F)F)C(F)(F)F)c(C(F)(F)F)c1. The van der Waals surface area contributed by atoms with Crippen molar-refractivity contribution < 1.29 is 39.5 Å². The van der Waals surface area contributed by atoms with E-state index in [9.17, 15) is 39.5 Å². The number of nitrogen functional groups attached to an aromatic ring is 1. The fourth-order valence-corrected chi connectivity index (χ4v) is 1.61. The molecule has 1 rings (SSSR count). The van der Waals surface area contributed by atoms with Crippen LogP contribution in [0.5, 0.6) is 0 Å². The molecule has 0 unspecified atom stereocenters. The van der Waals surface area contributed by atoms with E-state index in [4.69, 9.17) is 5.73 Å². The minimum absolute atomic E-state index is 0.0415. The zero-order valence-corrected chi connectivity index (χ0v) is 9.29. The van der Waals surface area contributed by atoms with E-state index in [1.54, 1.807) is 0 Å². The number of alkyl halides is 9. The van der Waals surface area contributed by atoms with E-state index in [0.717, 1.165) is 0 Å². The van der Waals surface area contributed by atoms with Gasteiger partial charge in [0.05, 0.1) is 5.56 Å². The molecule has 0 radical (unpaired) electrons. The summed E-state index contributed by atoms with van der Waals surface area (Å²) in [4.78, 5) is 0. The van der Waals surface area contributed by atoms with Crippen LogP contribution >= 0.6 is 0 Å². The number of hydrogen-bond donors (Lipinski definition) is 1. The maximum Gasteiger partial charge on any atom is 0.416 e. The lowest BCUT2D eigenvalue weighted by Crippen LogP contribution is -2.35. The molecule has 0 atom stereocenters. The van der Waals surface area contributed by atoms with Gasteiger partial charge in [-0.2, -0.15) is 39.5 Å². The second kappa shape index (κ2) is 4.74. The van der Waals surface area contributed by atoms with E-state index >= 15 is 0 Å². The van der Waals surface area contributed by atoms with Crippen LogP contribution in [0, 0.1) is 0 Å². The lowest BCUT2D eigenvalue weighted by molar-refractivity contribution is -0.254. The Morgan fingerprint density at radius 2 is 1.25 bits per heavy atom. The van der Waals surface area contributed by atoms with Crippen LogP contribution in [0.15, 0.2) is 18.2 Å². The molecule has 0 bridgehead atoms. The van der Waals surface area contributed by atoms with Crippen molar-refractivity contribution in [1.82, 2.24) is 0 Å². The summed E-state index contributed by atoms with van der Waals surface area (Å²) in [6.07, 6.45) is -17.2. The molecular formula is C10H6F9N. The molecule has 1 aromatic carbocycles. The van der Waals surface area contributed by atoms with Crippen LogP contribution in [0.2, 0.25) is 0 Å². The second-order valence-electron chi connectivity index (χ2n) is 3.86. The van der Waals surface area contributed by atoms with Crippen LogP contribution in [-0.2, 0) is 6.18 Å². The number of hydrogen-bond acceptors (Lipinski definition) is 1. The fraction of sp³-hybridized carbons (Fsp3) is 0.400. The van der Waals surface area contributed by atoms with E-state index in [0.29, 0.717) is 6.07 Å². The Hall–Kier alpha value is -1.61. The molecule has 0 saturated heterocycles. The predicted octanol–water partition coefficient (Wildman–Crippen LogP) is 4.50. The Kier molecular flexibility index (Phi) is 3.90. The van der Waals surface area contributed by atoms with Gasteiger partial charge in [0.15, 0.2) is 5.92 Å². The summed E-state index contributed by atoms with van der Waals surface area (Å²) in [6.45, 7) is 0. The highest BCUT2D eigenvalue weighted by Gasteiger charge is 2.59. The minimum Gasteiger partial charge on any atom is -0.399 e. The molecule has 0 aliphatic heterocycles. The summed E-state index contributed by atoms with van der Waals surface area (Å²) >= 11 is 0. The Bertz CT molecular complexity index is 469. The first kappa shape index (κ1) is 16.4. The van der Waals surface area contributed by atoms with E-state index in [2.05, 4.69) is 0 Å². The third kappa shape index (κ3) is 3.48. The summed E-state index contributed by atoms with van der Waals surface area (Å²) in [5.74, 6) is -4.23. The average Bonchev–Trinajstić information content (AvgIpc) is 2.14. The van der Waals surface area contributed by atoms with Gasteiger partial charge in [-0.15, -0.1) is 0 Å². The van der Waals surface area contributed by atoms with Gasteiger partial charge in [0, 0.05) is 5.69 Å². The quantitative estimate of drug-likeness (QED) is 0.600. The van der Waals surface area contributed by atoms with Gasteiger partial charge in [0.1, 0.15) is 0 Å². The molecular weight excluding hydrogens is 305 g/mol. The monoisotopic (exact) mass is 311 g/mol. The molecule has 114 valence electrons. The van der Waals surface area contributed by atoms with Crippen molar-refractivity contribution in [2.75, 3.05) is 5.73 Å². The second-order valence-corrected chi connectivity index (χ2v) is 3.86. The van der Waals surface area contributed by atoms with Gasteiger partial charge in [0.2, 0.25) is 0 Å². The third-order valence-corrected chi connectivity index (χ3v) is 2.35. The number of anilines is 1. The van der Waals surface area contributed by atoms with E-state index in [1.807, 2.05) is 0 Å². The van der Waals surface area contributed by atoms with Crippen molar-refractivity contribution in [2.45, 2.75) is 24.4 Å². The average molecular weight is 311 g/mol. The molecule has 0 amide bonds. The highest BCUT2D eigenvalue weighted by Crippen LogP contribution is 2.49. The van der Waals surface area contributed by atoms with Crippen LogP contribution in [0.1, 0.15) is 17.0 Å². The molecule has 10 heteroatoms. The molecule has 0 saturated carbocycles. The Labute approximate surface area is 106 Å². The maximum atomic E-state index is 12.6. The topological polar surface area (TPSA) is 26.0 Å². The third-order valence-electron chi connectivity index (χ3n) is 2.35. The Morgan fingerprint density at radius 3 is 1.60 bits per heavy atom. The number of halogens is 9. The Balaban J connectivity index is 3.58. The fourth-order valence-electron chi connectivity index (χ4n) is 1.61. The molecule has 0 spiro atoms. The van der Waals surface area contributed by atoms with Gasteiger partial charge in [-0.3, -0.25) is 0 Å². The number of benzene rings is 1. The summed E-state index contributed by atoms with van der Waals surface area (Å²) in [6, 6.07) is 0.679. The first-order valence-corrected chi connectivity index (χ1v) is 4.84. The van der Waals surface area contributed by atoms with Crippen molar-refractivity contribution in [3.63, 3.8) is 0 Å². The van der Waals surface area contributed by atoms with Crippen molar-refractivity contribution in [1.29, 1.82) is 0 Å². The molecule has 1 nitrogen and oxygen atoms in total. The standard InChI is InChI=1S/C10H6F9N/c11-8(12,13)6-3-4(20)1-2-5(6)7(9(14,15)16)10(17,18)19/h1-3,7H,20H2. The number of nitrogens with two attached hydrogens (primary N) is 1. The molecule has 0 fully saturated rings. The van der Waals surface area contributed by atoms with Gasteiger partial charge in [-0.25, -0.2) is 0 Å². The zero-order chi connectivity index (χ0) is 15.9. The summed E-state index contributed by atoms with van der Waals surface area (Å²) in [5, 5.41) is 0. The largest absolute Gasteiger partial charge is 0.416 e. The van der Waals surface area contributed by atoms with Crippen molar-refractivity contribution in [3.05, 3.63) is 29.3 Å². The number of rotatable bonds is 1. The summed E-state index contributed by atoms with van der Waals surface area (Å²) < 4.78 is 112. The van der Waals surface area contributed by atoms with Gasteiger partial charge < -0.3 is 5.73 Å². The highest BCUT2D eigenvalue weighted by atomic mass is 19.4. The normalized spacial score (nSPS) is 13.9. The molecule has 2 N–H and O–H groups in total. The molecule has 0 aliphatic rings. The maximum absolute atomic E-state index is 12.6. The first-order chi connectivity index (χ1) is 8.74. The van der Waals surface area contributed by atoms with E-state index < -0.39 is 41.3 Å². The lowest BCUT2D eigenvalue weighted by atomic mass is 9.92. The van der Waals surface area contributed by atoms with Crippen molar-refractivity contribution >= 4 is 5.69 Å². The van der Waals surface area contributed by atoms with Gasteiger partial charge in [0.25, 0.3) is 0 Å². The molecule has 0 heterocycles. The van der Waals surface area contributed by atoms with Crippen LogP contribution in [0.25, 0.3) is 0 Å². The zero-order valence-electron chi connectivity index (χ0n) is 9.29. The molecule has 0 aliphatic carbocycles. The van der Waals surface area contributed by atoms with Crippen molar-refractivity contribution in [3.8, 4) is 0 Å². The Morgan fingerprint density at radius 1 is 0.800 bits per heavy atom. The smallest absolute Gasteiger partial charge is 0.399 e. The van der Waals surface area contributed by atoms with E-state index in [-0.39, 0.29) is 12.1 Å². The minimum atomic E-state index is -5.91. The summed E-state index contributed by atoms with van der Waals surface area (Å²) in [7, 11) is 0. The van der Waals surface area contributed by atoms with Crippen LogP contribution in [0.3, 0.4) is 0 Å². The van der Waals surface area contributed by atoms with Crippen LogP contribution in [-0.4, -0.2) is 12.4 Å². The van der Waals surface area contributed by atoms with Crippen molar-refractivity contribution in [2.24, 2.45) is 0 Å².